The van der Waals surface area contributed by atoms with Crippen LogP contribution in [0.3, 0.4) is 0 Å². The number of allylic oxidation sites excluding steroid dienone is 1. The molecule has 0 saturated heterocycles. The normalized spacial score (nSPS) is 11.1. The van der Waals surface area contributed by atoms with Crippen molar-refractivity contribution in [2.75, 3.05) is 13.2 Å². The minimum atomic E-state index is -0.307. The van der Waals surface area contributed by atoms with Gasteiger partial charge in [-0.15, -0.1) is 0 Å². The van der Waals surface area contributed by atoms with E-state index in [2.05, 4.69) is 0 Å². The molecule has 3 heteroatoms. The van der Waals surface area contributed by atoms with Gasteiger partial charge in [0.2, 0.25) is 0 Å². The molecule has 92 valence electrons. The van der Waals surface area contributed by atoms with Crippen LogP contribution in [-0.4, -0.2) is 19.2 Å². The quantitative estimate of drug-likeness (QED) is 0.580. The first-order valence-electron chi connectivity index (χ1n) is 5.75. The van der Waals surface area contributed by atoms with Gasteiger partial charge in [0.05, 0.1) is 13.2 Å². The molecule has 0 aromatic heterocycles. The lowest BCUT2D eigenvalue weighted by atomic mass is 10.1. The zero-order chi connectivity index (χ0) is 12.7. The summed E-state index contributed by atoms with van der Waals surface area (Å²) >= 11 is 0. The van der Waals surface area contributed by atoms with Crippen molar-refractivity contribution in [1.82, 2.24) is 0 Å². The third-order valence-corrected chi connectivity index (χ3v) is 2.24. The fourth-order valence-electron chi connectivity index (χ4n) is 1.42. The summed E-state index contributed by atoms with van der Waals surface area (Å²) < 4.78 is 10.2. The summed E-state index contributed by atoms with van der Waals surface area (Å²) in [5.74, 6) is 0.527. The van der Waals surface area contributed by atoms with Gasteiger partial charge in [-0.05, 0) is 44.0 Å². The molecule has 0 atom stereocenters. The smallest absolute Gasteiger partial charge is 0.331 e. The number of rotatable bonds is 5. The molecule has 0 spiro atoms. The van der Waals surface area contributed by atoms with Crippen molar-refractivity contribution in [3.8, 4) is 5.75 Å². The van der Waals surface area contributed by atoms with Gasteiger partial charge in [-0.2, -0.15) is 0 Å². The molecule has 0 aliphatic carbocycles. The Morgan fingerprint density at radius 2 is 1.82 bits per heavy atom. The van der Waals surface area contributed by atoms with Crippen LogP contribution in [0.25, 0.3) is 5.57 Å². The Hall–Kier alpha value is -1.77. The average Bonchev–Trinajstić information content (AvgIpc) is 2.30. The number of ether oxygens (including phenoxy) is 2. The second-order valence-electron chi connectivity index (χ2n) is 3.54. The lowest BCUT2D eigenvalue weighted by molar-refractivity contribution is -0.137. The Bertz CT molecular complexity index is 390. The number of carbonyl (C=O) groups is 1. The van der Waals surface area contributed by atoms with E-state index in [9.17, 15) is 4.79 Å². The van der Waals surface area contributed by atoms with E-state index in [1.165, 1.54) is 6.08 Å². The minimum absolute atomic E-state index is 0.307. The van der Waals surface area contributed by atoms with Crippen LogP contribution in [0.4, 0.5) is 0 Å². The van der Waals surface area contributed by atoms with Crippen molar-refractivity contribution in [2.24, 2.45) is 0 Å². The summed E-state index contributed by atoms with van der Waals surface area (Å²) in [5.41, 5.74) is 1.87. The number of hydrogen-bond acceptors (Lipinski definition) is 3. The van der Waals surface area contributed by atoms with Crippen molar-refractivity contribution in [1.29, 1.82) is 0 Å². The van der Waals surface area contributed by atoms with Gasteiger partial charge in [-0.1, -0.05) is 12.1 Å². The number of hydrogen-bond donors (Lipinski definition) is 0. The Balaban J connectivity index is 2.75. The lowest BCUT2D eigenvalue weighted by Crippen LogP contribution is -2.00. The first kappa shape index (κ1) is 13.3. The summed E-state index contributed by atoms with van der Waals surface area (Å²) in [4.78, 5) is 11.3. The molecular formula is C14H18O3. The molecule has 3 nitrogen and oxygen atoms in total. The largest absolute Gasteiger partial charge is 0.494 e. The van der Waals surface area contributed by atoms with Crippen molar-refractivity contribution in [3.63, 3.8) is 0 Å². The highest BCUT2D eigenvalue weighted by atomic mass is 16.5. The molecule has 0 radical (unpaired) electrons. The highest BCUT2D eigenvalue weighted by Crippen LogP contribution is 2.18. The summed E-state index contributed by atoms with van der Waals surface area (Å²) in [7, 11) is 0. The minimum Gasteiger partial charge on any atom is -0.494 e. The molecule has 0 saturated carbocycles. The molecule has 0 N–H and O–H groups in total. The Labute approximate surface area is 102 Å². The SMILES string of the molecule is CCOC(=O)C=C(C)c1ccc(OCC)cc1. The zero-order valence-electron chi connectivity index (χ0n) is 10.5. The van der Waals surface area contributed by atoms with Crippen LogP contribution in [0.5, 0.6) is 5.75 Å². The van der Waals surface area contributed by atoms with Crippen LogP contribution in [-0.2, 0) is 9.53 Å². The summed E-state index contributed by atoms with van der Waals surface area (Å²) in [6.45, 7) is 6.66. The molecular weight excluding hydrogens is 216 g/mol. The molecule has 1 rings (SSSR count). The van der Waals surface area contributed by atoms with E-state index in [0.29, 0.717) is 13.2 Å². The van der Waals surface area contributed by atoms with Crippen molar-refractivity contribution in [3.05, 3.63) is 35.9 Å². The fourth-order valence-corrected chi connectivity index (χ4v) is 1.42. The summed E-state index contributed by atoms with van der Waals surface area (Å²) in [6.07, 6.45) is 1.50. The maximum atomic E-state index is 11.3. The monoisotopic (exact) mass is 234 g/mol. The van der Waals surface area contributed by atoms with Crippen molar-refractivity contribution < 1.29 is 14.3 Å². The molecule has 0 bridgehead atoms. The first-order chi connectivity index (χ1) is 8.17. The molecule has 1 aromatic carbocycles. The van der Waals surface area contributed by atoms with E-state index in [1.54, 1.807) is 6.92 Å². The molecule has 17 heavy (non-hydrogen) atoms. The van der Waals surface area contributed by atoms with Crippen molar-refractivity contribution in [2.45, 2.75) is 20.8 Å². The van der Waals surface area contributed by atoms with Gasteiger partial charge in [-0.3, -0.25) is 0 Å². The van der Waals surface area contributed by atoms with Gasteiger partial charge in [0.15, 0.2) is 0 Å². The summed E-state index contributed by atoms with van der Waals surface area (Å²) in [6, 6.07) is 7.63. The van der Waals surface area contributed by atoms with E-state index in [1.807, 2.05) is 38.1 Å². The van der Waals surface area contributed by atoms with E-state index < -0.39 is 0 Å². The molecule has 0 unspecified atom stereocenters. The second kappa shape index (κ2) is 6.74. The van der Waals surface area contributed by atoms with Crippen molar-refractivity contribution >= 4 is 11.5 Å². The number of benzene rings is 1. The maximum absolute atomic E-state index is 11.3. The predicted molar refractivity (Wildman–Crippen MR) is 67.9 cm³/mol. The van der Waals surface area contributed by atoms with Gasteiger partial charge in [0.25, 0.3) is 0 Å². The van der Waals surface area contributed by atoms with E-state index in [4.69, 9.17) is 9.47 Å². The Morgan fingerprint density at radius 3 is 2.35 bits per heavy atom. The van der Waals surface area contributed by atoms with Gasteiger partial charge >= 0.3 is 5.97 Å². The van der Waals surface area contributed by atoms with E-state index in [0.717, 1.165) is 16.9 Å². The summed E-state index contributed by atoms with van der Waals surface area (Å²) in [5, 5.41) is 0. The molecule has 0 heterocycles. The van der Waals surface area contributed by atoms with Gasteiger partial charge in [0.1, 0.15) is 5.75 Å². The number of esters is 1. The predicted octanol–water partition coefficient (Wildman–Crippen LogP) is 3.05. The number of carbonyl (C=O) groups excluding carboxylic acids is 1. The molecule has 0 aliphatic heterocycles. The van der Waals surface area contributed by atoms with E-state index in [-0.39, 0.29) is 5.97 Å². The van der Waals surface area contributed by atoms with Crippen LogP contribution in [0.15, 0.2) is 30.3 Å². The average molecular weight is 234 g/mol. The van der Waals surface area contributed by atoms with Crippen LogP contribution in [0.1, 0.15) is 26.3 Å². The van der Waals surface area contributed by atoms with Gasteiger partial charge in [-0.25, -0.2) is 4.79 Å². The molecule has 0 amide bonds. The van der Waals surface area contributed by atoms with Crippen LogP contribution >= 0.6 is 0 Å². The standard InChI is InChI=1S/C14H18O3/c1-4-16-13-8-6-12(7-9-13)11(3)10-14(15)17-5-2/h6-10H,4-5H2,1-3H3. The Morgan fingerprint density at radius 1 is 1.18 bits per heavy atom. The van der Waals surface area contributed by atoms with Gasteiger partial charge in [0, 0.05) is 6.08 Å². The van der Waals surface area contributed by atoms with Crippen LogP contribution in [0, 0.1) is 0 Å². The first-order valence-corrected chi connectivity index (χ1v) is 5.75. The van der Waals surface area contributed by atoms with Gasteiger partial charge < -0.3 is 9.47 Å². The zero-order valence-corrected chi connectivity index (χ0v) is 10.5. The van der Waals surface area contributed by atoms with Crippen LogP contribution < -0.4 is 4.74 Å². The van der Waals surface area contributed by atoms with Crippen LogP contribution in [0.2, 0.25) is 0 Å². The second-order valence-corrected chi connectivity index (χ2v) is 3.54. The third-order valence-electron chi connectivity index (χ3n) is 2.24. The molecule has 1 aromatic rings. The Kier molecular flexibility index (Phi) is 5.27. The lowest BCUT2D eigenvalue weighted by Gasteiger charge is -2.05. The molecule has 0 fully saturated rings. The molecule has 0 aliphatic rings. The highest BCUT2D eigenvalue weighted by molar-refractivity contribution is 5.90. The topological polar surface area (TPSA) is 35.5 Å². The maximum Gasteiger partial charge on any atom is 0.331 e. The fraction of sp³-hybridized carbons (Fsp3) is 0.357. The highest BCUT2D eigenvalue weighted by Gasteiger charge is 2.01. The third kappa shape index (κ3) is 4.31. The van der Waals surface area contributed by atoms with E-state index >= 15 is 0 Å².